The van der Waals surface area contributed by atoms with E-state index in [4.69, 9.17) is 0 Å². The van der Waals surface area contributed by atoms with Crippen LogP contribution in [0.5, 0.6) is 0 Å². The van der Waals surface area contributed by atoms with Gasteiger partial charge in [-0.15, -0.1) is 0 Å². The van der Waals surface area contributed by atoms with Crippen LogP contribution in [0.2, 0.25) is 0 Å². The van der Waals surface area contributed by atoms with Crippen LogP contribution in [0.4, 0.5) is 0 Å². The zero-order valence-corrected chi connectivity index (χ0v) is 10.8. The van der Waals surface area contributed by atoms with E-state index in [1.54, 1.807) is 10.6 Å². The lowest BCUT2D eigenvalue weighted by Crippen LogP contribution is -2.06. The summed E-state index contributed by atoms with van der Waals surface area (Å²) < 4.78 is 6.85. The lowest BCUT2D eigenvalue weighted by molar-refractivity contribution is 0.0591. The fourth-order valence-electron chi connectivity index (χ4n) is 0.673. The number of hydrogen-bond donors (Lipinski definition) is 0. The molecular weight excluding hydrogens is 358 g/mol. The van der Waals surface area contributed by atoms with E-state index >= 15 is 0 Å². The lowest BCUT2D eigenvalue weighted by Gasteiger charge is -2.00. The predicted molar refractivity (Wildman–Crippen MR) is 59.0 cm³/mol. The Kier molecular flexibility index (Phi) is 3.92. The molecule has 0 saturated carbocycles. The van der Waals surface area contributed by atoms with Gasteiger partial charge < -0.3 is 4.74 Å². The quantitative estimate of drug-likeness (QED) is 0.460. The van der Waals surface area contributed by atoms with Crippen LogP contribution in [0, 0.1) is 0 Å². The van der Waals surface area contributed by atoms with Gasteiger partial charge >= 0.3 is 5.97 Å². The maximum Gasteiger partial charge on any atom is 0.357 e. The first-order valence-corrected chi connectivity index (χ1v) is 7.74. The third-order valence-corrected chi connectivity index (χ3v) is 3.63. The molecule has 1 aromatic heterocycles. The highest BCUT2D eigenvalue weighted by molar-refractivity contribution is 14.2. The Labute approximate surface area is 92.5 Å². The molecule has 7 heteroatoms. The van der Waals surface area contributed by atoms with E-state index < -0.39 is 0 Å². The molecule has 0 spiro atoms. The minimum absolute atomic E-state index is 0.372. The average molecular weight is 363 g/mol. The Hall–Kier alpha value is 0.320. The summed E-state index contributed by atoms with van der Waals surface area (Å²) in [5.74, 6) is -0.372. The Morgan fingerprint density at radius 1 is 1.92 bits per heavy atom. The van der Waals surface area contributed by atoms with Crippen molar-refractivity contribution in [3.05, 3.63) is 16.4 Å². The SMILES string of the molecule is COC(=O)c1c(Br)cnn1PI. The highest BCUT2D eigenvalue weighted by Crippen LogP contribution is 2.29. The molecule has 1 unspecified atom stereocenters. The Morgan fingerprint density at radius 3 is 3.08 bits per heavy atom. The molecule has 0 saturated heterocycles. The van der Waals surface area contributed by atoms with Gasteiger partial charge in [-0.1, -0.05) is 0 Å². The van der Waals surface area contributed by atoms with Crippen LogP contribution in [-0.4, -0.2) is 22.6 Å². The molecular formula is C5H5BrIN2O2P. The van der Waals surface area contributed by atoms with Crippen LogP contribution in [-0.2, 0) is 4.74 Å². The number of rotatable bonds is 2. The summed E-state index contributed by atoms with van der Waals surface area (Å²) in [5.41, 5.74) is 0.463. The summed E-state index contributed by atoms with van der Waals surface area (Å²) in [4.78, 5) is 11.2. The molecule has 0 radical (unpaired) electrons. The fraction of sp³-hybridized carbons (Fsp3) is 0.200. The normalized spacial score (nSPS) is 10.9. The van der Waals surface area contributed by atoms with E-state index in [1.807, 2.05) is 0 Å². The van der Waals surface area contributed by atoms with Crippen molar-refractivity contribution in [2.24, 2.45) is 0 Å². The lowest BCUT2D eigenvalue weighted by atomic mass is 10.4. The van der Waals surface area contributed by atoms with Crippen molar-refractivity contribution in [2.75, 3.05) is 7.11 Å². The van der Waals surface area contributed by atoms with E-state index in [0.29, 0.717) is 16.5 Å². The van der Waals surface area contributed by atoms with Crippen molar-refractivity contribution in [3.63, 3.8) is 0 Å². The van der Waals surface area contributed by atoms with E-state index in [0.717, 1.165) is 0 Å². The molecule has 0 amide bonds. The first-order valence-electron chi connectivity index (χ1n) is 2.89. The van der Waals surface area contributed by atoms with Crippen LogP contribution in [0.25, 0.3) is 0 Å². The molecule has 1 aromatic rings. The highest BCUT2D eigenvalue weighted by atomic mass is 127. The first-order chi connectivity index (χ1) is 5.70. The largest absolute Gasteiger partial charge is 0.464 e. The van der Waals surface area contributed by atoms with E-state index in [9.17, 15) is 4.79 Å². The predicted octanol–water partition coefficient (Wildman–Crippen LogP) is 2.22. The standard InChI is InChI=1S/C5H5BrIN2O2P/c1-11-5(10)4-3(6)2-8-9(4)12-7/h2,12H,1H3. The van der Waals surface area contributed by atoms with Gasteiger partial charge in [0, 0.05) is 0 Å². The monoisotopic (exact) mass is 362 g/mol. The number of esters is 1. The van der Waals surface area contributed by atoms with Crippen LogP contribution in [0.1, 0.15) is 10.5 Å². The molecule has 0 aliphatic heterocycles. The molecule has 66 valence electrons. The number of hydrogen-bond acceptors (Lipinski definition) is 3. The summed E-state index contributed by atoms with van der Waals surface area (Å²) in [5, 5.41) is 3.98. The Morgan fingerprint density at radius 2 is 2.58 bits per heavy atom. The highest BCUT2D eigenvalue weighted by Gasteiger charge is 2.16. The zero-order chi connectivity index (χ0) is 9.14. The van der Waals surface area contributed by atoms with Gasteiger partial charge in [0.05, 0.1) is 24.2 Å². The van der Waals surface area contributed by atoms with Crippen LogP contribution >= 0.6 is 44.3 Å². The molecule has 4 nitrogen and oxygen atoms in total. The van der Waals surface area contributed by atoms with E-state index in [-0.39, 0.29) is 5.97 Å². The first kappa shape index (κ1) is 10.4. The third kappa shape index (κ3) is 1.97. The maximum atomic E-state index is 11.2. The zero-order valence-electron chi connectivity index (χ0n) is 6.04. The maximum absolute atomic E-state index is 11.2. The number of aromatic nitrogens is 2. The Bertz CT molecular complexity index is 304. The van der Waals surface area contributed by atoms with Crippen LogP contribution in [0.15, 0.2) is 10.7 Å². The van der Waals surface area contributed by atoms with Gasteiger partial charge in [-0.05, 0) is 38.0 Å². The van der Waals surface area contributed by atoms with E-state index in [2.05, 4.69) is 47.8 Å². The second kappa shape index (κ2) is 4.53. The molecule has 12 heavy (non-hydrogen) atoms. The van der Waals surface area contributed by atoms with Crippen molar-refractivity contribution in [1.29, 1.82) is 0 Å². The minimum Gasteiger partial charge on any atom is -0.464 e. The number of ether oxygens (including phenoxy) is 1. The third-order valence-electron chi connectivity index (χ3n) is 1.18. The second-order valence-electron chi connectivity index (χ2n) is 1.83. The summed E-state index contributed by atoms with van der Waals surface area (Å²) in [6.07, 6.45) is 1.97. The molecule has 0 fully saturated rings. The van der Waals surface area contributed by atoms with Crippen LogP contribution < -0.4 is 0 Å². The molecule has 1 rings (SSSR count). The number of carbonyl (C=O) groups excluding carboxylic acids is 1. The molecule has 0 N–H and O–H groups in total. The van der Waals surface area contributed by atoms with Crippen molar-refractivity contribution in [3.8, 4) is 0 Å². The van der Waals surface area contributed by atoms with Crippen molar-refractivity contribution in [2.45, 2.75) is 0 Å². The van der Waals surface area contributed by atoms with Gasteiger partial charge in [0.1, 0.15) is 0 Å². The van der Waals surface area contributed by atoms with Crippen molar-refractivity contribution in [1.82, 2.24) is 9.55 Å². The van der Waals surface area contributed by atoms with Gasteiger partial charge in [0.15, 0.2) is 5.69 Å². The molecule has 0 aliphatic rings. The van der Waals surface area contributed by atoms with Gasteiger partial charge in [-0.25, -0.2) is 9.25 Å². The van der Waals surface area contributed by atoms with Crippen molar-refractivity contribution < 1.29 is 9.53 Å². The fourth-order valence-corrected chi connectivity index (χ4v) is 2.75. The summed E-state index contributed by atoms with van der Waals surface area (Å²) in [7, 11) is 1.35. The topological polar surface area (TPSA) is 44.1 Å². The second-order valence-corrected chi connectivity index (χ2v) is 4.72. The van der Waals surface area contributed by atoms with Gasteiger partial charge in [-0.3, -0.25) is 0 Å². The molecule has 0 aliphatic carbocycles. The molecule has 1 atom stereocenters. The van der Waals surface area contributed by atoms with E-state index in [1.165, 1.54) is 7.11 Å². The molecule has 0 aromatic carbocycles. The molecule has 0 bridgehead atoms. The smallest absolute Gasteiger partial charge is 0.357 e. The number of carbonyl (C=O) groups is 1. The minimum atomic E-state index is -0.372. The number of nitrogens with zero attached hydrogens (tertiary/aromatic N) is 2. The molecule has 1 heterocycles. The number of halogens is 2. The van der Waals surface area contributed by atoms with Crippen LogP contribution in [0.3, 0.4) is 0 Å². The number of methoxy groups -OCH3 is 1. The van der Waals surface area contributed by atoms with Gasteiger partial charge in [0.25, 0.3) is 0 Å². The van der Waals surface area contributed by atoms with Crippen molar-refractivity contribution >= 4 is 50.3 Å². The van der Waals surface area contributed by atoms with Gasteiger partial charge in [-0.2, -0.15) is 5.10 Å². The summed E-state index contributed by atoms with van der Waals surface area (Å²) >= 11 is 5.36. The summed E-state index contributed by atoms with van der Waals surface area (Å²) in [6, 6.07) is 0. The Balaban J connectivity index is 3.10. The average Bonchev–Trinajstić information content (AvgIpc) is 2.45. The summed E-state index contributed by atoms with van der Waals surface area (Å²) in [6.45, 7) is 0. The van der Waals surface area contributed by atoms with Gasteiger partial charge in [0.2, 0.25) is 0 Å².